The number of aryl methyl sites for hydroxylation is 1. The van der Waals surface area contributed by atoms with E-state index in [1.165, 1.54) is 0 Å². The number of fused-ring (bicyclic) bond motifs is 3. The van der Waals surface area contributed by atoms with Gasteiger partial charge in [-0.05, 0) is 42.0 Å². The topological polar surface area (TPSA) is 96.5 Å². The predicted molar refractivity (Wildman–Crippen MR) is 125 cm³/mol. The quantitative estimate of drug-likeness (QED) is 0.460. The smallest absolute Gasteiger partial charge is 0.244 e. The van der Waals surface area contributed by atoms with Crippen molar-refractivity contribution >= 4 is 44.3 Å². The number of halogens is 1. The molecule has 166 valence electrons. The summed E-state index contributed by atoms with van der Waals surface area (Å²) in [6.45, 7) is 5.06. The zero-order valence-electron chi connectivity index (χ0n) is 18.2. The SMILES string of the molecule is C[C@@H](Nc1nc2c(Br)cccc2c2nc(-c3cnn(C)c3)nn12)C(=O)N1CCN(C)CC1. The summed E-state index contributed by atoms with van der Waals surface area (Å²) in [6, 6.07) is 5.39. The minimum atomic E-state index is -0.458. The van der Waals surface area contributed by atoms with Gasteiger partial charge in [0.05, 0.1) is 17.3 Å². The number of carbonyl (C=O) groups excluding carboxylic acids is 1. The number of piperazine rings is 1. The summed E-state index contributed by atoms with van der Waals surface area (Å²) in [7, 11) is 3.92. The van der Waals surface area contributed by atoms with Gasteiger partial charge >= 0.3 is 0 Å². The minimum Gasteiger partial charge on any atom is -0.343 e. The molecule has 1 aliphatic rings. The molecule has 1 saturated heterocycles. The van der Waals surface area contributed by atoms with Gasteiger partial charge in [-0.2, -0.15) is 9.61 Å². The molecule has 1 fully saturated rings. The van der Waals surface area contributed by atoms with Crippen molar-refractivity contribution in [3.05, 3.63) is 35.1 Å². The predicted octanol–water partition coefficient (Wildman–Crippen LogP) is 2.01. The summed E-state index contributed by atoms with van der Waals surface area (Å²) in [5.41, 5.74) is 2.23. The molecule has 1 N–H and O–H groups in total. The van der Waals surface area contributed by atoms with E-state index < -0.39 is 6.04 Å². The summed E-state index contributed by atoms with van der Waals surface area (Å²) < 4.78 is 4.24. The van der Waals surface area contributed by atoms with E-state index in [1.54, 1.807) is 15.4 Å². The number of aromatic nitrogens is 6. The second kappa shape index (κ2) is 8.14. The lowest BCUT2D eigenvalue weighted by Gasteiger charge is -2.34. The third kappa shape index (κ3) is 3.71. The van der Waals surface area contributed by atoms with E-state index in [0.29, 0.717) is 17.4 Å². The van der Waals surface area contributed by atoms with Crippen LogP contribution in [0.1, 0.15) is 6.92 Å². The van der Waals surface area contributed by atoms with E-state index in [2.05, 4.69) is 38.3 Å². The van der Waals surface area contributed by atoms with Gasteiger partial charge in [0.1, 0.15) is 6.04 Å². The maximum absolute atomic E-state index is 13.1. The van der Waals surface area contributed by atoms with Crippen molar-refractivity contribution in [2.45, 2.75) is 13.0 Å². The molecule has 0 bridgehead atoms. The van der Waals surface area contributed by atoms with Crippen molar-refractivity contribution < 1.29 is 4.79 Å². The van der Waals surface area contributed by atoms with Crippen LogP contribution < -0.4 is 5.32 Å². The van der Waals surface area contributed by atoms with Crippen LogP contribution in [0.25, 0.3) is 27.9 Å². The highest BCUT2D eigenvalue weighted by Crippen LogP contribution is 2.28. The van der Waals surface area contributed by atoms with Crippen LogP contribution in [-0.2, 0) is 11.8 Å². The molecule has 1 aliphatic heterocycles. The maximum atomic E-state index is 13.1. The number of nitrogens with zero attached hydrogens (tertiary/aromatic N) is 8. The number of carbonyl (C=O) groups is 1. The fourth-order valence-electron chi connectivity index (χ4n) is 3.91. The van der Waals surface area contributed by atoms with Crippen molar-refractivity contribution in [1.82, 2.24) is 39.2 Å². The first-order valence-corrected chi connectivity index (χ1v) is 11.3. The largest absolute Gasteiger partial charge is 0.343 e. The van der Waals surface area contributed by atoms with Gasteiger partial charge in [0.25, 0.3) is 0 Å². The Kier molecular flexibility index (Phi) is 5.30. The Morgan fingerprint density at radius 1 is 1.16 bits per heavy atom. The highest BCUT2D eigenvalue weighted by molar-refractivity contribution is 9.10. The second-order valence-corrected chi connectivity index (χ2v) is 8.99. The molecule has 4 heterocycles. The first-order valence-electron chi connectivity index (χ1n) is 10.5. The number of benzene rings is 1. The van der Waals surface area contributed by atoms with Crippen molar-refractivity contribution in [3.8, 4) is 11.4 Å². The number of likely N-dealkylation sites (N-methyl/N-ethyl adjacent to an activating group) is 1. The van der Waals surface area contributed by atoms with Gasteiger partial charge in [0, 0.05) is 49.3 Å². The summed E-state index contributed by atoms with van der Waals surface area (Å²) in [5, 5.41) is 13.1. The first-order chi connectivity index (χ1) is 15.4. The van der Waals surface area contributed by atoms with Crippen molar-refractivity contribution in [3.63, 3.8) is 0 Å². The van der Waals surface area contributed by atoms with Crippen molar-refractivity contribution in [2.75, 3.05) is 38.5 Å². The maximum Gasteiger partial charge on any atom is 0.244 e. The van der Waals surface area contributed by atoms with Crippen LogP contribution in [0.3, 0.4) is 0 Å². The Morgan fingerprint density at radius 2 is 1.94 bits per heavy atom. The molecule has 10 nitrogen and oxygen atoms in total. The zero-order chi connectivity index (χ0) is 22.4. The number of hydrogen-bond acceptors (Lipinski definition) is 7. The molecule has 3 aromatic heterocycles. The summed E-state index contributed by atoms with van der Waals surface area (Å²) >= 11 is 3.59. The van der Waals surface area contributed by atoms with E-state index in [0.717, 1.165) is 47.1 Å². The van der Waals surface area contributed by atoms with Crippen LogP contribution in [0.15, 0.2) is 35.1 Å². The Bertz CT molecular complexity index is 1310. The highest BCUT2D eigenvalue weighted by atomic mass is 79.9. The molecule has 0 unspecified atom stereocenters. The third-order valence-corrected chi connectivity index (χ3v) is 6.39. The van der Waals surface area contributed by atoms with Gasteiger partial charge in [0.15, 0.2) is 11.5 Å². The van der Waals surface area contributed by atoms with Gasteiger partial charge in [-0.25, -0.2) is 9.97 Å². The fourth-order valence-corrected chi connectivity index (χ4v) is 4.36. The molecule has 0 aliphatic carbocycles. The number of anilines is 1. The monoisotopic (exact) mass is 497 g/mol. The third-order valence-electron chi connectivity index (χ3n) is 5.75. The molecular weight excluding hydrogens is 474 g/mol. The van der Waals surface area contributed by atoms with Gasteiger partial charge in [0.2, 0.25) is 11.9 Å². The van der Waals surface area contributed by atoms with E-state index in [9.17, 15) is 4.79 Å². The molecule has 1 amide bonds. The molecule has 4 aromatic rings. The lowest BCUT2D eigenvalue weighted by Crippen LogP contribution is -2.51. The summed E-state index contributed by atoms with van der Waals surface area (Å²) in [5.74, 6) is 1.07. The van der Waals surface area contributed by atoms with Crippen LogP contribution in [-0.4, -0.2) is 84.3 Å². The number of hydrogen-bond donors (Lipinski definition) is 1. The number of rotatable bonds is 4. The fraction of sp³-hybridized carbons (Fsp3) is 0.381. The molecular formula is C21H24BrN9O. The van der Waals surface area contributed by atoms with E-state index >= 15 is 0 Å². The Labute approximate surface area is 193 Å². The number of nitrogens with one attached hydrogen (secondary N) is 1. The molecule has 32 heavy (non-hydrogen) atoms. The molecule has 0 saturated carbocycles. The van der Waals surface area contributed by atoms with Crippen LogP contribution in [0.4, 0.5) is 5.95 Å². The second-order valence-electron chi connectivity index (χ2n) is 8.14. The Morgan fingerprint density at radius 3 is 2.66 bits per heavy atom. The van der Waals surface area contributed by atoms with E-state index in [4.69, 9.17) is 15.1 Å². The van der Waals surface area contributed by atoms with Crippen LogP contribution in [0.5, 0.6) is 0 Å². The van der Waals surface area contributed by atoms with Crippen molar-refractivity contribution in [2.24, 2.45) is 7.05 Å². The number of para-hydroxylation sites is 1. The molecule has 1 atom stereocenters. The van der Waals surface area contributed by atoms with Gasteiger partial charge < -0.3 is 15.1 Å². The summed E-state index contributed by atoms with van der Waals surface area (Å²) in [6.07, 6.45) is 3.60. The van der Waals surface area contributed by atoms with E-state index in [1.807, 2.05) is 43.3 Å². The van der Waals surface area contributed by atoms with Gasteiger partial charge in [-0.15, -0.1) is 5.10 Å². The minimum absolute atomic E-state index is 0.0490. The van der Waals surface area contributed by atoms with Gasteiger partial charge in [-0.1, -0.05) is 6.07 Å². The molecule has 0 spiro atoms. The lowest BCUT2D eigenvalue weighted by molar-refractivity contribution is -0.133. The van der Waals surface area contributed by atoms with Gasteiger partial charge in [-0.3, -0.25) is 9.48 Å². The van der Waals surface area contributed by atoms with Crippen LogP contribution >= 0.6 is 15.9 Å². The average molecular weight is 498 g/mol. The Hall–Kier alpha value is -3.05. The molecule has 5 rings (SSSR count). The van der Waals surface area contributed by atoms with E-state index in [-0.39, 0.29) is 5.91 Å². The molecule has 0 radical (unpaired) electrons. The summed E-state index contributed by atoms with van der Waals surface area (Å²) in [4.78, 5) is 26.7. The molecule has 1 aromatic carbocycles. The number of amides is 1. The van der Waals surface area contributed by atoms with Crippen molar-refractivity contribution in [1.29, 1.82) is 0 Å². The van der Waals surface area contributed by atoms with Crippen LogP contribution in [0, 0.1) is 0 Å². The standard InChI is InChI=1S/C21H24BrN9O/c1-13(20(32)30-9-7-28(2)8-10-30)24-21-25-17-15(5-4-6-16(17)22)19-26-18(27-31(19)21)14-11-23-29(3)12-14/h4-6,11-13H,7-10H2,1-3H3,(H,24,25)/t13-/m1/s1. The molecule has 11 heteroatoms. The average Bonchev–Trinajstić information content (AvgIpc) is 3.41. The highest BCUT2D eigenvalue weighted by Gasteiger charge is 2.25. The first kappa shape index (κ1) is 20.8. The van der Waals surface area contributed by atoms with Crippen LogP contribution in [0.2, 0.25) is 0 Å². The Balaban J connectivity index is 1.55. The zero-order valence-corrected chi connectivity index (χ0v) is 19.7. The normalized spacial score (nSPS) is 16.1. The lowest BCUT2D eigenvalue weighted by atomic mass is 10.2.